The predicted octanol–water partition coefficient (Wildman–Crippen LogP) is 2.99. The van der Waals surface area contributed by atoms with E-state index in [-0.39, 0.29) is 18.2 Å². The first-order valence-electron chi connectivity index (χ1n) is 8.14. The standard InChI is InChI=1S/C19H20N2O3S/c1-13-5-4-6-14(11-13)24-10-9-20-18(22)12-17-19(23)21-15-7-2-3-8-16(15)25-17/h2-8,11,17H,9-10,12H2,1H3,(H,20,22)(H,21,23)/t17-/m1/s1. The van der Waals surface area contributed by atoms with Crippen LogP contribution in [0.4, 0.5) is 5.69 Å². The summed E-state index contributed by atoms with van der Waals surface area (Å²) < 4.78 is 5.60. The van der Waals surface area contributed by atoms with E-state index in [0.29, 0.717) is 13.2 Å². The fourth-order valence-electron chi connectivity index (χ4n) is 2.53. The highest BCUT2D eigenvalue weighted by atomic mass is 32.2. The van der Waals surface area contributed by atoms with Gasteiger partial charge in [0, 0.05) is 11.3 Å². The number of fused-ring (bicyclic) bond motifs is 1. The molecule has 1 aliphatic rings. The number of hydrogen-bond donors (Lipinski definition) is 2. The number of carbonyl (C=O) groups is 2. The molecule has 0 radical (unpaired) electrons. The summed E-state index contributed by atoms with van der Waals surface area (Å²) in [5.74, 6) is 0.503. The van der Waals surface area contributed by atoms with Crippen LogP contribution in [0, 0.1) is 6.92 Å². The van der Waals surface area contributed by atoms with Crippen molar-refractivity contribution in [3.63, 3.8) is 0 Å². The van der Waals surface area contributed by atoms with E-state index in [2.05, 4.69) is 10.6 Å². The molecule has 1 atom stereocenters. The summed E-state index contributed by atoms with van der Waals surface area (Å²) >= 11 is 1.43. The summed E-state index contributed by atoms with van der Waals surface area (Å²) in [5, 5.41) is 5.24. The minimum Gasteiger partial charge on any atom is -0.492 e. The third-order valence-corrected chi connectivity index (χ3v) is 5.04. The molecule has 2 aromatic carbocycles. The number of para-hydroxylation sites is 1. The first kappa shape index (κ1) is 17.4. The molecule has 1 heterocycles. The molecule has 0 aliphatic carbocycles. The average Bonchev–Trinajstić information content (AvgIpc) is 2.59. The second kappa shape index (κ2) is 8.07. The van der Waals surface area contributed by atoms with Crippen molar-refractivity contribution in [3.05, 3.63) is 54.1 Å². The monoisotopic (exact) mass is 356 g/mol. The molecule has 0 fully saturated rings. The van der Waals surface area contributed by atoms with Gasteiger partial charge in [-0.05, 0) is 36.8 Å². The highest BCUT2D eigenvalue weighted by molar-refractivity contribution is 8.01. The molecular formula is C19H20N2O3S. The number of hydrogen-bond acceptors (Lipinski definition) is 4. The van der Waals surface area contributed by atoms with Crippen molar-refractivity contribution in [1.29, 1.82) is 0 Å². The second-order valence-corrected chi connectivity index (χ2v) is 7.06. The van der Waals surface area contributed by atoms with E-state index in [9.17, 15) is 9.59 Å². The fourth-order valence-corrected chi connectivity index (χ4v) is 3.64. The lowest BCUT2D eigenvalue weighted by molar-refractivity contribution is -0.124. The maximum atomic E-state index is 12.1. The van der Waals surface area contributed by atoms with Crippen LogP contribution >= 0.6 is 11.8 Å². The number of anilines is 1. The van der Waals surface area contributed by atoms with Gasteiger partial charge in [-0.2, -0.15) is 0 Å². The Morgan fingerprint density at radius 3 is 2.92 bits per heavy atom. The molecule has 2 amide bonds. The normalized spacial score (nSPS) is 15.9. The minimum absolute atomic E-state index is 0.130. The van der Waals surface area contributed by atoms with Gasteiger partial charge in [-0.15, -0.1) is 11.8 Å². The number of carbonyl (C=O) groups excluding carboxylic acids is 2. The molecule has 0 spiro atoms. The van der Waals surface area contributed by atoms with Crippen LogP contribution in [0.1, 0.15) is 12.0 Å². The van der Waals surface area contributed by atoms with Gasteiger partial charge in [-0.3, -0.25) is 9.59 Å². The molecule has 0 bridgehead atoms. The molecule has 0 unspecified atom stereocenters. The van der Waals surface area contributed by atoms with Crippen molar-refractivity contribution in [1.82, 2.24) is 5.32 Å². The van der Waals surface area contributed by atoms with E-state index >= 15 is 0 Å². The molecule has 2 N–H and O–H groups in total. The third kappa shape index (κ3) is 4.76. The molecule has 0 aromatic heterocycles. The van der Waals surface area contributed by atoms with Crippen LogP contribution in [0.2, 0.25) is 0 Å². The summed E-state index contributed by atoms with van der Waals surface area (Å²) in [4.78, 5) is 25.2. The Morgan fingerprint density at radius 2 is 2.08 bits per heavy atom. The molecule has 2 aromatic rings. The van der Waals surface area contributed by atoms with Crippen molar-refractivity contribution in [3.8, 4) is 5.75 Å². The highest BCUT2D eigenvalue weighted by Gasteiger charge is 2.28. The van der Waals surface area contributed by atoms with Crippen molar-refractivity contribution < 1.29 is 14.3 Å². The van der Waals surface area contributed by atoms with Crippen LogP contribution in [0.25, 0.3) is 0 Å². The lowest BCUT2D eigenvalue weighted by Crippen LogP contribution is -2.36. The number of amides is 2. The van der Waals surface area contributed by atoms with Crippen molar-refractivity contribution in [2.45, 2.75) is 23.5 Å². The fraction of sp³-hybridized carbons (Fsp3) is 0.263. The zero-order chi connectivity index (χ0) is 17.6. The zero-order valence-electron chi connectivity index (χ0n) is 14.0. The van der Waals surface area contributed by atoms with Gasteiger partial charge in [0.2, 0.25) is 11.8 Å². The molecule has 6 heteroatoms. The number of ether oxygens (including phenoxy) is 1. The van der Waals surface area contributed by atoms with Gasteiger partial charge in [-0.25, -0.2) is 0 Å². The summed E-state index contributed by atoms with van der Waals surface area (Å²) in [6.07, 6.45) is 0.148. The first-order chi connectivity index (χ1) is 12.1. The molecule has 130 valence electrons. The van der Waals surface area contributed by atoms with Crippen LogP contribution < -0.4 is 15.4 Å². The molecular weight excluding hydrogens is 336 g/mol. The largest absolute Gasteiger partial charge is 0.492 e. The third-order valence-electron chi connectivity index (χ3n) is 3.76. The lowest BCUT2D eigenvalue weighted by atomic mass is 10.2. The Balaban J connectivity index is 1.43. The highest BCUT2D eigenvalue weighted by Crippen LogP contribution is 2.36. The van der Waals surface area contributed by atoms with E-state index in [1.807, 2.05) is 55.5 Å². The van der Waals surface area contributed by atoms with Crippen LogP contribution in [0.5, 0.6) is 5.75 Å². The Labute approximate surface area is 151 Å². The van der Waals surface area contributed by atoms with Gasteiger partial charge in [0.1, 0.15) is 12.4 Å². The smallest absolute Gasteiger partial charge is 0.238 e. The van der Waals surface area contributed by atoms with Gasteiger partial charge in [0.25, 0.3) is 0 Å². The SMILES string of the molecule is Cc1cccc(OCCNC(=O)C[C@H]2Sc3ccccc3NC2=O)c1. The van der Waals surface area contributed by atoms with Crippen molar-refractivity contribution in [2.75, 3.05) is 18.5 Å². The predicted molar refractivity (Wildman–Crippen MR) is 99.0 cm³/mol. The Morgan fingerprint density at radius 1 is 1.24 bits per heavy atom. The molecule has 0 saturated carbocycles. The number of nitrogens with one attached hydrogen (secondary N) is 2. The zero-order valence-corrected chi connectivity index (χ0v) is 14.8. The molecule has 0 saturated heterocycles. The molecule has 25 heavy (non-hydrogen) atoms. The Bertz CT molecular complexity index is 779. The van der Waals surface area contributed by atoms with Crippen LogP contribution in [-0.4, -0.2) is 30.2 Å². The van der Waals surface area contributed by atoms with E-state index in [1.165, 1.54) is 11.8 Å². The Hall–Kier alpha value is -2.47. The van der Waals surface area contributed by atoms with E-state index < -0.39 is 5.25 Å². The van der Waals surface area contributed by atoms with Gasteiger partial charge < -0.3 is 15.4 Å². The van der Waals surface area contributed by atoms with Crippen LogP contribution in [0.15, 0.2) is 53.4 Å². The number of rotatable bonds is 6. The quantitative estimate of drug-likeness (QED) is 0.781. The van der Waals surface area contributed by atoms with Gasteiger partial charge in [0.05, 0.1) is 17.5 Å². The van der Waals surface area contributed by atoms with Crippen molar-refractivity contribution >= 4 is 29.3 Å². The number of thioether (sulfide) groups is 1. The maximum absolute atomic E-state index is 12.1. The summed E-state index contributed by atoms with van der Waals surface area (Å²) in [6.45, 7) is 2.80. The molecule has 3 rings (SSSR count). The summed E-state index contributed by atoms with van der Waals surface area (Å²) in [7, 11) is 0. The van der Waals surface area contributed by atoms with Crippen LogP contribution in [-0.2, 0) is 9.59 Å². The number of aryl methyl sites for hydroxylation is 1. The van der Waals surface area contributed by atoms with Gasteiger partial charge in [-0.1, -0.05) is 24.3 Å². The second-order valence-electron chi connectivity index (χ2n) is 5.81. The molecule has 1 aliphatic heterocycles. The molecule has 5 nitrogen and oxygen atoms in total. The minimum atomic E-state index is -0.410. The van der Waals surface area contributed by atoms with E-state index in [0.717, 1.165) is 21.9 Å². The summed E-state index contributed by atoms with van der Waals surface area (Å²) in [6, 6.07) is 15.4. The average molecular weight is 356 g/mol. The lowest BCUT2D eigenvalue weighted by Gasteiger charge is -2.23. The Kier molecular flexibility index (Phi) is 5.60. The van der Waals surface area contributed by atoms with Gasteiger partial charge >= 0.3 is 0 Å². The van der Waals surface area contributed by atoms with E-state index in [4.69, 9.17) is 4.74 Å². The maximum Gasteiger partial charge on any atom is 0.238 e. The van der Waals surface area contributed by atoms with Crippen molar-refractivity contribution in [2.24, 2.45) is 0 Å². The van der Waals surface area contributed by atoms with Crippen LogP contribution in [0.3, 0.4) is 0 Å². The summed E-state index contributed by atoms with van der Waals surface area (Å²) in [5.41, 5.74) is 1.93. The topological polar surface area (TPSA) is 67.4 Å². The number of benzene rings is 2. The van der Waals surface area contributed by atoms with Gasteiger partial charge in [0.15, 0.2) is 0 Å². The first-order valence-corrected chi connectivity index (χ1v) is 9.02. The van der Waals surface area contributed by atoms with E-state index in [1.54, 1.807) is 0 Å².